The lowest BCUT2D eigenvalue weighted by atomic mass is 10.0. The first kappa shape index (κ1) is 34.8. The number of unbranched alkanes of at least 4 members (excludes halogenated alkanes) is 18. The molecule has 0 fully saturated rings. The maximum absolute atomic E-state index is 12.5. The molecule has 0 bridgehead atoms. The minimum absolute atomic E-state index is 0.113. The lowest BCUT2D eigenvalue weighted by Gasteiger charge is -2.18. The van der Waals surface area contributed by atoms with Crippen LogP contribution in [0.1, 0.15) is 162 Å². The van der Waals surface area contributed by atoms with Crippen LogP contribution >= 0.6 is 0 Å². The molecule has 7 nitrogen and oxygen atoms in total. The summed E-state index contributed by atoms with van der Waals surface area (Å²) >= 11 is 0. The number of nitrogens with zero attached hydrogens (tertiary/aromatic N) is 1. The van der Waals surface area contributed by atoms with Crippen molar-refractivity contribution in [1.82, 2.24) is 4.73 Å². The summed E-state index contributed by atoms with van der Waals surface area (Å²) in [6, 6.07) is 2.46. The molecule has 1 aromatic rings. The molecule has 0 saturated heterocycles. The van der Waals surface area contributed by atoms with Gasteiger partial charge in [0.05, 0.1) is 6.42 Å². The van der Waals surface area contributed by atoms with Crippen LogP contribution in [0.2, 0.25) is 0 Å². The topological polar surface area (TPSA) is 98.0 Å². The molecular formula is C32H57NO6. The van der Waals surface area contributed by atoms with Gasteiger partial charge in [-0.3, -0.25) is 4.79 Å². The fourth-order valence-electron chi connectivity index (χ4n) is 4.88. The second-order valence-corrected chi connectivity index (χ2v) is 11.0. The average molecular weight is 552 g/mol. The molecule has 7 heteroatoms. The number of rotatable bonds is 26. The summed E-state index contributed by atoms with van der Waals surface area (Å²) < 4.78 is 6.36. The molecule has 0 radical (unpaired) electrons. The van der Waals surface area contributed by atoms with Gasteiger partial charge in [-0.2, -0.15) is 0 Å². The molecular weight excluding hydrogens is 494 g/mol. The van der Waals surface area contributed by atoms with Gasteiger partial charge in [0.2, 0.25) is 11.8 Å². The Kier molecular flexibility index (Phi) is 21.2. The second kappa shape index (κ2) is 23.7. The van der Waals surface area contributed by atoms with Crippen LogP contribution in [0.3, 0.4) is 0 Å². The van der Waals surface area contributed by atoms with Crippen LogP contribution in [0.5, 0.6) is 11.8 Å². The van der Waals surface area contributed by atoms with E-state index in [1.165, 1.54) is 102 Å². The minimum atomic E-state index is -0.666. The highest BCUT2D eigenvalue weighted by Gasteiger charge is 2.21. The van der Waals surface area contributed by atoms with Crippen LogP contribution in [0.25, 0.3) is 0 Å². The van der Waals surface area contributed by atoms with Gasteiger partial charge in [0.15, 0.2) is 0 Å². The Morgan fingerprint density at radius 3 is 1.51 bits per heavy atom. The van der Waals surface area contributed by atoms with E-state index in [4.69, 9.17) is 9.57 Å². The van der Waals surface area contributed by atoms with Gasteiger partial charge in [-0.05, 0) is 19.3 Å². The number of hydrogen-bond donors (Lipinski definition) is 2. The Labute approximate surface area is 237 Å². The molecule has 1 heterocycles. The molecule has 1 aromatic heterocycles. The van der Waals surface area contributed by atoms with E-state index in [0.29, 0.717) is 17.6 Å². The third-order valence-corrected chi connectivity index (χ3v) is 7.30. The first-order chi connectivity index (χ1) is 19.0. The average Bonchev–Trinajstić information content (AvgIpc) is 3.22. The third-order valence-electron chi connectivity index (χ3n) is 7.30. The summed E-state index contributed by atoms with van der Waals surface area (Å²) in [7, 11) is 0. The van der Waals surface area contributed by atoms with Gasteiger partial charge in [-0.25, -0.2) is 4.79 Å². The number of carbonyl (C=O) groups excluding carboxylic acids is 2. The molecule has 0 aliphatic carbocycles. The maximum Gasteiger partial charge on any atom is 0.336 e. The first-order valence-corrected chi connectivity index (χ1v) is 16.0. The second-order valence-electron chi connectivity index (χ2n) is 11.0. The van der Waals surface area contributed by atoms with Gasteiger partial charge in [0, 0.05) is 18.6 Å². The zero-order valence-corrected chi connectivity index (χ0v) is 25.0. The Bertz CT molecular complexity index is 728. The smallest absolute Gasteiger partial charge is 0.336 e. The molecule has 2 N–H and O–H groups in total. The highest BCUT2D eigenvalue weighted by Crippen LogP contribution is 2.20. The zero-order chi connectivity index (χ0) is 28.6. The summed E-state index contributed by atoms with van der Waals surface area (Å²) in [6.07, 6.45) is 24.4. The van der Waals surface area contributed by atoms with Crippen molar-refractivity contribution in [3.63, 3.8) is 0 Å². The van der Waals surface area contributed by atoms with E-state index in [2.05, 4.69) is 13.8 Å². The van der Waals surface area contributed by atoms with Crippen molar-refractivity contribution in [2.24, 2.45) is 0 Å². The van der Waals surface area contributed by atoms with Gasteiger partial charge in [0.25, 0.3) is 0 Å². The minimum Gasteiger partial charge on any atom is -0.492 e. The van der Waals surface area contributed by atoms with Crippen molar-refractivity contribution >= 4 is 11.9 Å². The molecule has 0 aliphatic rings. The third kappa shape index (κ3) is 18.7. The lowest BCUT2D eigenvalue weighted by molar-refractivity contribution is -0.156. The molecule has 0 saturated carbocycles. The molecule has 226 valence electrons. The van der Waals surface area contributed by atoms with E-state index in [0.717, 1.165) is 38.5 Å². The quantitative estimate of drug-likeness (QED) is 0.0882. The molecule has 1 atom stereocenters. The Morgan fingerprint density at radius 1 is 0.641 bits per heavy atom. The zero-order valence-electron chi connectivity index (χ0n) is 25.0. The van der Waals surface area contributed by atoms with E-state index in [-0.39, 0.29) is 24.2 Å². The van der Waals surface area contributed by atoms with Gasteiger partial charge < -0.3 is 19.8 Å². The van der Waals surface area contributed by atoms with Crippen LogP contribution in [0, 0.1) is 0 Å². The van der Waals surface area contributed by atoms with E-state index in [9.17, 15) is 19.8 Å². The summed E-state index contributed by atoms with van der Waals surface area (Å²) in [5.41, 5.74) is 0. The Hall–Kier alpha value is -2.18. The van der Waals surface area contributed by atoms with E-state index in [1.807, 2.05) is 0 Å². The number of carbonyl (C=O) groups is 2. The van der Waals surface area contributed by atoms with Crippen LogP contribution in [-0.4, -0.2) is 33.0 Å². The summed E-state index contributed by atoms with van der Waals surface area (Å²) in [5, 5.41) is 19.4. The molecule has 0 spiro atoms. The number of ether oxygens (including phenoxy) is 1. The van der Waals surface area contributed by atoms with Crippen molar-refractivity contribution in [3.05, 3.63) is 12.1 Å². The number of aromatic hydroxyl groups is 2. The fraction of sp³-hybridized carbons (Fsp3) is 0.812. The molecule has 1 unspecified atom stereocenters. The highest BCUT2D eigenvalue weighted by molar-refractivity contribution is 5.72. The molecule has 1 rings (SSSR count). The molecule has 0 aromatic carbocycles. The summed E-state index contributed by atoms with van der Waals surface area (Å²) in [5.74, 6) is -1.68. The summed E-state index contributed by atoms with van der Waals surface area (Å²) in [6.45, 7) is 4.47. The van der Waals surface area contributed by atoms with Crippen molar-refractivity contribution in [2.75, 3.05) is 0 Å². The first-order valence-electron chi connectivity index (χ1n) is 16.0. The number of aromatic nitrogens is 1. The van der Waals surface area contributed by atoms with E-state index >= 15 is 0 Å². The van der Waals surface area contributed by atoms with Crippen LogP contribution < -0.4 is 4.84 Å². The monoisotopic (exact) mass is 551 g/mol. The van der Waals surface area contributed by atoms with Crippen molar-refractivity contribution in [1.29, 1.82) is 0 Å². The van der Waals surface area contributed by atoms with E-state index in [1.54, 1.807) is 0 Å². The predicted molar refractivity (Wildman–Crippen MR) is 157 cm³/mol. The van der Waals surface area contributed by atoms with Crippen LogP contribution in [0.4, 0.5) is 0 Å². The van der Waals surface area contributed by atoms with Crippen LogP contribution in [0.15, 0.2) is 12.1 Å². The number of hydrogen-bond acceptors (Lipinski definition) is 6. The standard InChI is InChI=1S/C32H57NO6/c1-3-5-7-9-11-13-14-16-18-20-22-24-31(36)38-28(23-21-19-17-15-12-10-8-6-4-2)27-32(37)39-33-29(34)25-26-30(33)35/h25-26,28,34-35H,3-24,27H2,1-2H3. The maximum atomic E-state index is 12.5. The fourth-order valence-corrected chi connectivity index (χ4v) is 4.88. The Balaban J connectivity index is 2.33. The lowest BCUT2D eigenvalue weighted by Crippen LogP contribution is -2.27. The van der Waals surface area contributed by atoms with E-state index < -0.39 is 12.1 Å². The SMILES string of the molecule is CCCCCCCCCCCCCC(=O)OC(CCCCCCCCCCC)CC(=O)On1c(O)ccc1O. The van der Waals surface area contributed by atoms with Gasteiger partial charge >= 0.3 is 11.9 Å². The van der Waals surface area contributed by atoms with Crippen molar-refractivity contribution < 1.29 is 29.4 Å². The highest BCUT2D eigenvalue weighted by atomic mass is 16.7. The normalized spacial score (nSPS) is 11.9. The molecule has 0 aliphatic heterocycles. The molecule has 0 amide bonds. The van der Waals surface area contributed by atoms with Gasteiger partial charge in [-0.1, -0.05) is 129 Å². The Morgan fingerprint density at radius 2 is 1.05 bits per heavy atom. The van der Waals surface area contributed by atoms with Crippen LogP contribution in [-0.2, 0) is 14.3 Å². The van der Waals surface area contributed by atoms with Gasteiger partial charge in [-0.15, -0.1) is 4.73 Å². The van der Waals surface area contributed by atoms with Crippen molar-refractivity contribution in [3.8, 4) is 11.8 Å². The molecule has 39 heavy (non-hydrogen) atoms. The number of esters is 1. The van der Waals surface area contributed by atoms with Crippen molar-refractivity contribution in [2.45, 2.75) is 168 Å². The van der Waals surface area contributed by atoms with Gasteiger partial charge in [0.1, 0.15) is 6.10 Å². The summed E-state index contributed by atoms with van der Waals surface area (Å²) in [4.78, 5) is 30.1. The predicted octanol–water partition coefficient (Wildman–Crippen LogP) is 8.78. The largest absolute Gasteiger partial charge is 0.492 e.